The highest BCUT2D eigenvalue weighted by atomic mass is 19.1. The Hall–Kier alpha value is -0.970. The summed E-state index contributed by atoms with van der Waals surface area (Å²) in [7, 11) is 0. The number of benzene rings is 1. The van der Waals surface area contributed by atoms with Gasteiger partial charge in [0.25, 0.3) is 0 Å². The molecule has 2 aliphatic rings. The quantitative estimate of drug-likeness (QED) is 0.901. The van der Waals surface area contributed by atoms with E-state index >= 15 is 0 Å². The average Bonchev–Trinajstić information content (AvgIpc) is 3.09. The number of hydrogen-bond acceptors (Lipinski definition) is 3. The summed E-state index contributed by atoms with van der Waals surface area (Å²) in [5.74, 6) is -0.150. The predicted octanol–water partition coefficient (Wildman–Crippen LogP) is 2.25. The molecule has 3 nitrogen and oxygen atoms in total. The van der Waals surface area contributed by atoms with Gasteiger partial charge >= 0.3 is 0 Å². The maximum absolute atomic E-state index is 13.3. The van der Waals surface area contributed by atoms with Crippen LogP contribution in [-0.2, 0) is 6.54 Å². The second-order valence-corrected chi connectivity index (χ2v) is 6.37. The van der Waals surface area contributed by atoms with E-state index in [1.165, 1.54) is 25.3 Å². The first-order chi connectivity index (χ1) is 10.3. The molecule has 1 N–H and O–H groups in total. The van der Waals surface area contributed by atoms with Crippen LogP contribution in [0, 0.1) is 5.82 Å². The molecule has 0 aliphatic carbocycles. The molecule has 116 valence electrons. The molecule has 2 atom stereocenters. The lowest BCUT2D eigenvalue weighted by Crippen LogP contribution is -2.43. The van der Waals surface area contributed by atoms with E-state index in [2.05, 4.69) is 9.80 Å². The Kier molecular flexibility index (Phi) is 4.88. The third-order valence-corrected chi connectivity index (χ3v) is 4.93. The molecule has 2 heterocycles. The van der Waals surface area contributed by atoms with Crippen LogP contribution >= 0.6 is 0 Å². The molecule has 0 amide bonds. The number of rotatable bonds is 5. The Bertz CT molecular complexity index is 468. The first kappa shape index (κ1) is 14.9. The van der Waals surface area contributed by atoms with Crippen LogP contribution < -0.4 is 0 Å². The Morgan fingerprint density at radius 1 is 1.10 bits per heavy atom. The summed E-state index contributed by atoms with van der Waals surface area (Å²) in [4.78, 5) is 4.91. The van der Waals surface area contributed by atoms with E-state index in [0.717, 1.165) is 38.2 Å². The van der Waals surface area contributed by atoms with E-state index in [-0.39, 0.29) is 12.4 Å². The molecule has 1 aromatic rings. The smallest absolute Gasteiger partial charge is 0.123 e. The van der Waals surface area contributed by atoms with Gasteiger partial charge in [0.2, 0.25) is 0 Å². The standard InChI is InChI=1S/C17H25FN2O/c18-15-5-1-4-14(10-15)11-19-8-2-6-16(19)12-20-9-3-7-17(20)13-21/h1,4-5,10,16-17,21H,2-3,6-9,11-13H2. The Morgan fingerprint density at radius 2 is 1.86 bits per heavy atom. The van der Waals surface area contributed by atoms with E-state index in [1.54, 1.807) is 12.1 Å². The minimum absolute atomic E-state index is 0.150. The Morgan fingerprint density at radius 3 is 2.62 bits per heavy atom. The molecule has 1 aromatic carbocycles. The van der Waals surface area contributed by atoms with E-state index in [9.17, 15) is 9.50 Å². The van der Waals surface area contributed by atoms with Crippen molar-refractivity contribution in [2.24, 2.45) is 0 Å². The predicted molar refractivity (Wildman–Crippen MR) is 81.5 cm³/mol. The van der Waals surface area contributed by atoms with E-state index < -0.39 is 0 Å². The van der Waals surface area contributed by atoms with Gasteiger partial charge in [-0.25, -0.2) is 4.39 Å². The number of halogens is 1. The average molecular weight is 292 g/mol. The van der Waals surface area contributed by atoms with Gasteiger partial charge in [-0.2, -0.15) is 0 Å². The molecule has 0 bridgehead atoms. The zero-order valence-corrected chi connectivity index (χ0v) is 12.5. The summed E-state index contributed by atoms with van der Waals surface area (Å²) in [5, 5.41) is 9.45. The van der Waals surface area contributed by atoms with Gasteiger partial charge in [-0.15, -0.1) is 0 Å². The molecule has 0 spiro atoms. The van der Waals surface area contributed by atoms with E-state index in [0.29, 0.717) is 12.1 Å². The van der Waals surface area contributed by atoms with Crippen molar-refractivity contribution >= 4 is 0 Å². The normalized spacial score (nSPS) is 27.5. The van der Waals surface area contributed by atoms with E-state index in [4.69, 9.17) is 0 Å². The van der Waals surface area contributed by atoms with Crippen LogP contribution in [0.1, 0.15) is 31.2 Å². The first-order valence-electron chi connectivity index (χ1n) is 8.09. The van der Waals surface area contributed by atoms with Crippen molar-refractivity contribution in [3.05, 3.63) is 35.6 Å². The van der Waals surface area contributed by atoms with Gasteiger partial charge in [-0.05, 0) is 56.5 Å². The lowest BCUT2D eigenvalue weighted by molar-refractivity contribution is 0.120. The molecule has 3 rings (SSSR count). The minimum atomic E-state index is -0.150. The second-order valence-electron chi connectivity index (χ2n) is 6.37. The third-order valence-electron chi connectivity index (χ3n) is 4.93. The van der Waals surface area contributed by atoms with Gasteiger partial charge < -0.3 is 5.11 Å². The molecule has 0 aromatic heterocycles. The number of hydrogen-bond donors (Lipinski definition) is 1. The maximum Gasteiger partial charge on any atom is 0.123 e. The fraction of sp³-hybridized carbons (Fsp3) is 0.647. The van der Waals surface area contributed by atoms with Crippen molar-refractivity contribution in [2.75, 3.05) is 26.2 Å². The van der Waals surface area contributed by atoms with Crippen LogP contribution in [0.25, 0.3) is 0 Å². The molecular formula is C17H25FN2O. The van der Waals surface area contributed by atoms with Crippen LogP contribution in [0.3, 0.4) is 0 Å². The third kappa shape index (κ3) is 3.62. The number of aliphatic hydroxyl groups is 1. The number of aliphatic hydroxyl groups excluding tert-OH is 1. The Labute approximate surface area is 126 Å². The monoisotopic (exact) mass is 292 g/mol. The maximum atomic E-state index is 13.3. The zero-order chi connectivity index (χ0) is 14.7. The minimum Gasteiger partial charge on any atom is -0.395 e. The lowest BCUT2D eigenvalue weighted by Gasteiger charge is -2.31. The summed E-state index contributed by atoms with van der Waals surface area (Å²) >= 11 is 0. The summed E-state index contributed by atoms with van der Waals surface area (Å²) in [6, 6.07) is 7.83. The summed E-state index contributed by atoms with van der Waals surface area (Å²) in [6.45, 7) is 4.35. The number of nitrogens with zero attached hydrogens (tertiary/aromatic N) is 2. The fourth-order valence-electron chi connectivity index (χ4n) is 3.79. The molecule has 2 saturated heterocycles. The highest BCUT2D eigenvalue weighted by molar-refractivity contribution is 5.16. The molecule has 0 saturated carbocycles. The summed E-state index contributed by atoms with van der Waals surface area (Å²) in [6.07, 6.45) is 4.75. The molecule has 21 heavy (non-hydrogen) atoms. The molecular weight excluding hydrogens is 267 g/mol. The Balaban J connectivity index is 1.60. The van der Waals surface area contributed by atoms with Gasteiger partial charge in [0, 0.05) is 25.2 Å². The van der Waals surface area contributed by atoms with Gasteiger partial charge in [0.1, 0.15) is 5.82 Å². The second kappa shape index (κ2) is 6.86. The largest absolute Gasteiger partial charge is 0.395 e. The van der Waals surface area contributed by atoms with Crippen molar-refractivity contribution in [3.8, 4) is 0 Å². The SMILES string of the molecule is OCC1CCCN1CC1CCCN1Cc1cccc(F)c1. The van der Waals surface area contributed by atoms with Gasteiger partial charge in [0.15, 0.2) is 0 Å². The van der Waals surface area contributed by atoms with Crippen LogP contribution in [0.2, 0.25) is 0 Å². The molecule has 2 aliphatic heterocycles. The van der Waals surface area contributed by atoms with Crippen LogP contribution in [0.5, 0.6) is 0 Å². The van der Waals surface area contributed by atoms with Crippen LogP contribution in [0.4, 0.5) is 4.39 Å². The molecule has 2 unspecified atom stereocenters. The summed E-state index contributed by atoms with van der Waals surface area (Å²) in [5.41, 5.74) is 1.06. The lowest BCUT2D eigenvalue weighted by atomic mass is 10.1. The van der Waals surface area contributed by atoms with Crippen molar-refractivity contribution in [1.29, 1.82) is 0 Å². The van der Waals surface area contributed by atoms with Gasteiger partial charge in [-0.3, -0.25) is 9.80 Å². The highest BCUT2D eigenvalue weighted by Crippen LogP contribution is 2.24. The molecule has 0 radical (unpaired) electrons. The number of likely N-dealkylation sites (tertiary alicyclic amines) is 2. The fourth-order valence-corrected chi connectivity index (χ4v) is 3.79. The van der Waals surface area contributed by atoms with Gasteiger partial charge in [0.05, 0.1) is 6.61 Å². The van der Waals surface area contributed by atoms with Crippen LogP contribution in [0.15, 0.2) is 24.3 Å². The van der Waals surface area contributed by atoms with Crippen molar-refractivity contribution < 1.29 is 9.50 Å². The molecule has 4 heteroatoms. The zero-order valence-electron chi connectivity index (χ0n) is 12.5. The van der Waals surface area contributed by atoms with Crippen molar-refractivity contribution in [1.82, 2.24) is 9.80 Å². The van der Waals surface area contributed by atoms with Crippen LogP contribution in [-0.4, -0.2) is 53.2 Å². The van der Waals surface area contributed by atoms with Crippen molar-refractivity contribution in [2.45, 2.75) is 44.3 Å². The van der Waals surface area contributed by atoms with E-state index in [1.807, 2.05) is 6.07 Å². The molecule has 2 fully saturated rings. The highest BCUT2D eigenvalue weighted by Gasteiger charge is 2.31. The topological polar surface area (TPSA) is 26.7 Å². The van der Waals surface area contributed by atoms with Gasteiger partial charge in [-0.1, -0.05) is 12.1 Å². The van der Waals surface area contributed by atoms with Crippen molar-refractivity contribution in [3.63, 3.8) is 0 Å². The summed E-state index contributed by atoms with van der Waals surface area (Å²) < 4.78 is 13.3. The first-order valence-corrected chi connectivity index (χ1v) is 8.09.